The number of H-pyrrole nitrogens is 1. The maximum atomic E-state index is 13.4. The molecule has 0 aliphatic carbocycles. The Labute approximate surface area is 194 Å². The number of hydrogen-bond acceptors (Lipinski definition) is 8. The average Bonchev–Trinajstić information content (AvgIpc) is 3.13. The molecule has 0 saturated heterocycles. The Morgan fingerprint density at radius 2 is 1.94 bits per heavy atom. The van der Waals surface area contributed by atoms with Crippen molar-refractivity contribution in [3.8, 4) is 11.4 Å². The van der Waals surface area contributed by atoms with Crippen molar-refractivity contribution < 1.29 is 14.1 Å². The standard InChI is InChI=1S/C22H28N6O6/c1-13(2)11-27-18(23)17(20(30)24-21(27)31)26(9-10-33-4)16(29)12-28-19(25-34-22(28)32)15-8-6-5-7-14(15)3/h5-8,13H,9-12,23H2,1-4H3,(H,24,30,31). The molecular weight excluding hydrogens is 444 g/mol. The van der Waals surface area contributed by atoms with Gasteiger partial charge in [0.1, 0.15) is 12.4 Å². The molecule has 0 saturated carbocycles. The molecule has 0 fully saturated rings. The highest BCUT2D eigenvalue weighted by atomic mass is 16.5. The Balaban J connectivity index is 2.07. The molecule has 0 aliphatic rings. The third kappa shape index (κ3) is 5.01. The van der Waals surface area contributed by atoms with E-state index in [1.807, 2.05) is 32.9 Å². The molecule has 2 heterocycles. The summed E-state index contributed by atoms with van der Waals surface area (Å²) >= 11 is 0. The number of ether oxygens (including phenoxy) is 1. The summed E-state index contributed by atoms with van der Waals surface area (Å²) in [4.78, 5) is 54.2. The second-order valence-electron chi connectivity index (χ2n) is 8.21. The van der Waals surface area contributed by atoms with E-state index in [-0.39, 0.29) is 42.9 Å². The van der Waals surface area contributed by atoms with Gasteiger partial charge in [-0.15, -0.1) is 0 Å². The summed E-state index contributed by atoms with van der Waals surface area (Å²) in [6.45, 7) is 5.41. The van der Waals surface area contributed by atoms with Crippen molar-refractivity contribution in [2.75, 3.05) is 30.9 Å². The minimum Gasteiger partial charge on any atom is -0.383 e. The first kappa shape index (κ1) is 24.7. The summed E-state index contributed by atoms with van der Waals surface area (Å²) in [6, 6.07) is 7.20. The first-order valence-electron chi connectivity index (χ1n) is 10.7. The van der Waals surface area contributed by atoms with Gasteiger partial charge in [-0.25, -0.2) is 14.2 Å². The van der Waals surface area contributed by atoms with Crippen molar-refractivity contribution in [1.82, 2.24) is 19.3 Å². The molecule has 3 aromatic rings. The van der Waals surface area contributed by atoms with Crippen molar-refractivity contribution >= 4 is 17.4 Å². The largest absolute Gasteiger partial charge is 0.442 e. The van der Waals surface area contributed by atoms with E-state index in [4.69, 9.17) is 15.0 Å². The highest BCUT2D eigenvalue weighted by Crippen LogP contribution is 2.22. The highest BCUT2D eigenvalue weighted by Gasteiger charge is 2.27. The molecular formula is C22H28N6O6. The molecule has 1 amide bonds. The Bertz CT molecular complexity index is 1350. The van der Waals surface area contributed by atoms with Crippen LogP contribution < -0.4 is 27.6 Å². The van der Waals surface area contributed by atoms with E-state index in [0.717, 1.165) is 15.0 Å². The molecule has 34 heavy (non-hydrogen) atoms. The van der Waals surface area contributed by atoms with Gasteiger partial charge in [0.2, 0.25) is 5.91 Å². The first-order chi connectivity index (χ1) is 16.1. The van der Waals surface area contributed by atoms with Crippen molar-refractivity contribution in [3.63, 3.8) is 0 Å². The number of amides is 1. The number of aromatic nitrogens is 4. The van der Waals surface area contributed by atoms with Gasteiger partial charge >= 0.3 is 11.4 Å². The van der Waals surface area contributed by atoms with Crippen LogP contribution in [0.5, 0.6) is 0 Å². The SMILES string of the molecule is COCCN(C(=O)Cn1c(-c2ccccc2C)noc1=O)c1c(N)n(CC(C)C)c(=O)[nH]c1=O. The van der Waals surface area contributed by atoms with Crippen LogP contribution in [0.25, 0.3) is 11.4 Å². The number of methoxy groups -OCH3 is 1. The Morgan fingerprint density at radius 3 is 2.59 bits per heavy atom. The zero-order valence-corrected chi connectivity index (χ0v) is 19.5. The van der Waals surface area contributed by atoms with E-state index < -0.39 is 29.5 Å². The van der Waals surface area contributed by atoms with Gasteiger partial charge in [-0.05, 0) is 18.4 Å². The van der Waals surface area contributed by atoms with Crippen LogP contribution in [0.2, 0.25) is 0 Å². The van der Waals surface area contributed by atoms with Gasteiger partial charge in [0.05, 0.1) is 6.61 Å². The number of hydrogen-bond donors (Lipinski definition) is 2. The molecule has 0 aliphatic heterocycles. The minimum absolute atomic E-state index is 0.0395. The molecule has 0 spiro atoms. The molecule has 182 valence electrons. The average molecular weight is 473 g/mol. The number of anilines is 2. The maximum Gasteiger partial charge on any atom is 0.442 e. The molecule has 12 nitrogen and oxygen atoms in total. The van der Waals surface area contributed by atoms with E-state index >= 15 is 0 Å². The number of nitrogens with zero attached hydrogens (tertiary/aromatic N) is 4. The van der Waals surface area contributed by atoms with Gasteiger partial charge in [0.25, 0.3) is 5.56 Å². The monoisotopic (exact) mass is 472 g/mol. The first-order valence-corrected chi connectivity index (χ1v) is 10.7. The number of nitrogens with one attached hydrogen (secondary N) is 1. The summed E-state index contributed by atoms with van der Waals surface area (Å²) in [6.07, 6.45) is 0. The lowest BCUT2D eigenvalue weighted by Crippen LogP contribution is -2.44. The third-order valence-electron chi connectivity index (χ3n) is 5.22. The maximum absolute atomic E-state index is 13.4. The van der Waals surface area contributed by atoms with Crippen molar-refractivity contribution in [2.24, 2.45) is 5.92 Å². The number of aromatic amines is 1. The zero-order valence-electron chi connectivity index (χ0n) is 19.5. The Kier molecular flexibility index (Phi) is 7.51. The summed E-state index contributed by atoms with van der Waals surface area (Å²) < 4.78 is 12.2. The molecule has 0 unspecified atom stereocenters. The lowest BCUT2D eigenvalue weighted by molar-refractivity contribution is -0.119. The summed E-state index contributed by atoms with van der Waals surface area (Å²) in [5, 5.41) is 3.83. The second kappa shape index (κ2) is 10.3. The summed E-state index contributed by atoms with van der Waals surface area (Å²) in [5.74, 6) is -1.39. The van der Waals surface area contributed by atoms with Crippen LogP contribution in [0.15, 0.2) is 43.2 Å². The lowest BCUT2D eigenvalue weighted by Gasteiger charge is -2.24. The quantitative estimate of drug-likeness (QED) is 0.458. The van der Waals surface area contributed by atoms with Gasteiger partial charge < -0.3 is 15.4 Å². The van der Waals surface area contributed by atoms with E-state index in [2.05, 4.69) is 10.1 Å². The van der Waals surface area contributed by atoms with Crippen LogP contribution in [0.4, 0.5) is 11.5 Å². The number of benzene rings is 1. The fourth-order valence-electron chi connectivity index (χ4n) is 3.57. The van der Waals surface area contributed by atoms with Gasteiger partial charge in [-0.1, -0.05) is 43.3 Å². The number of rotatable bonds is 9. The van der Waals surface area contributed by atoms with E-state index in [1.54, 1.807) is 12.1 Å². The predicted molar refractivity (Wildman–Crippen MR) is 126 cm³/mol. The predicted octanol–water partition coefficient (Wildman–Crippen LogP) is 0.580. The fraction of sp³-hybridized carbons (Fsp3) is 0.409. The van der Waals surface area contributed by atoms with Gasteiger partial charge in [-0.3, -0.25) is 23.7 Å². The number of nitrogen functional groups attached to an aromatic ring is 1. The number of nitrogens with two attached hydrogens (primary N) is 1. The number of carbonyl (C=O) groups excluding carboxylic acids is 1. The van der Waals surface area contributed by atoms with Gasteiger partial charge in [0.15, 0.2) is 11.5 Å². The molecule has 3 N–H and O–H groups in total. The van der Waals surface area contributed by atoms with Crippen molar-refractivity contribution in [2.45, 2.75) is 33.9 Å². The minimum atomic E-state index is -0.829. The topological polar surface area (TPSA) is 158 Å². The highest BCUT2D eigenvalue weighted by molar-refractivity contribution is 5.95. The molecule has 0 atom stereocenters. The third-order valence-corrected chi connectivity index (χ3v) is 5.22. The van der Waals surface area contributed by atoms with Gasteiger partial charge in [-0.2, -0.15) is 0 Å². The van der Waals surface area contributed by atoms with Gasteiger partial charge in [0, 0.05) is 25.8 Å². The Hall–Kier alpha value is -3.93. The molecule has 0 radical (unpaired) electrons. The van der Waals surface area contributed by atoms with E-state index in [9.17, 15) is 19.2 Å². The number of carbonyl (C=O) groups is 1. The molecule has 3 rings (SSSR count). The van der Waals surface area contributed by atoms with Crippen LogP contribution in [-0.4, -0.2) is 45.4 Å². The number of aryl methyl sites for hydroxylation is 1. The van der Waals surface area contributed by atoms with Crippen molar-refractivity contribution in [3.05, 3.63) is 61.2 Å². The summed E-state index contributed by atoms with van der Waals surface area (Å²) in [7, 11) is 1.44. The molecule has 12 heteroatoms. The van der Waals surface area contributed by atoms with Crippen LogP contribution in [0, 0.1) is 12.8 Å². The molecule has 1 aromatic carbocycles. The molecule has 2 aromatic heterocycles. The second-order valence-corrected chi connectivity index (χ2v) is 8.21. The van der Waals surface area contributed by atoms with Crippen LogP contribution in [-0.2, 0) is 22.6 Å². The normalized spacial score (nSPS) is 11.2. The molecule has 0 bridgehead atoms. The smallest absolute Gasteiger partial charge is 0.383 e. The Morgan fingerprint density at radius 1 is 1.24 bits per heavy atom. The van der Waals surface area contributed by atoms with E-state index in [0.29, 0.717) is 5.56 Å². The zero-order chi connectivity index (χ0) is 25.0. The summed E-state index contributed by atoms with van der Waals surface area (Å²) in [5.41, 5.74) is 5.97. The fourth-order valence-corrected chi connectivity index (χ4v) is 3.57. The van der Waals surface area contributed by atoms with Crippen LogP contribution in [0.3, 0.4) is 0 Å². The van der Waals surface area contributed by atoms with Crippen LogP contribution in [0.1, 0.15) is 19.4 Å². The van der Waals surface area contributed by atoms with Crippen LogP contribution >= 0.6 is 0 Å². The lowest BCUT2D eigenvalue weighted by atomic mass is 10.1. The van der Waals surface area contributed by atoms with Crippen molar-refractivity contribution in [1.29, 1.82) is 0 Å². The van der Waals surface area contributed by atoms with E-state index in [1.165, 1.54) is 11.7 Å².